The summed E-state index contributed by atoms with van der Waals surface area (Å²) < 4.78 is 11.1. The summed E-state index contributed by atoms with van der Waals surface area (Å²) in [5.41, 5.74) is 0.701. The molecule has 1 amide bonds. The van der Waals surface area contributed by atoms with Crippen LogP contribution >= 0.6 is 0 Å². The Bertz CT molecular complexity index is 514. The molecular formula is C18H29N3O4. The molecule has 1 aliphatic rings. The molecule has 2 unspecified atom stereocenters. The van der Waals surface area contributed by atoms with Crippen LogP contribution in [0.2, 0.25) is 0 Å². The van der Waals surface area contributed by atoms with E-state index in [1.54, 1.807) is 12.1 Å². The van der Waals surface area contributed by atoms with Crippen LogP contribution < -0.4 is 5.17 Å². The van der Waals surface area contributed by atoms with Gasteiger partial charge in [0, 0.05) is 18.8 Å². The lowest BCUT2D eigenvalue weighted by molar-refractivity contribution is -0.999. The van der Waals surface area contributed by atoms with E-state index in [4.69, 9.17) is 9.47 Å². The van der Waals surface area contributed by atoms with Crippen LogP contribution in [0.3, 0.4) is 0 Å². The van der Waals surface area contributed by atoms with Crippen molar-refractivity contribution in [3.63, 3.8) is 0 Å². The van der Waals surface area contributed by atoms with Gasteiger partial charge in [-0.05, 0) is 18.0 Å². The van der Waals surface area contributed by atoms with Crippen molar-refractivity contribution in [1.82, 2.24) is 10.1 Å². The largest absolute Gasteiger partial charge is 0.611 e. The van der Waals surface area contributed by atoms with Gasteiger partial charge in [0.25, 0.3) is 0 Å². The van der Waals surface area contributed by atoms with Gasteiger partial charge in [0.2, 0.25) is 6.04 Å². The number of benzene rings is 1. The highest BCUT2D eigenvalue weighted by atomic mass is 16.6. The van der Waals surface area contributed by atoms with E-state index in [0.29, 0.717) is 18.8 Å². The number of nitrogens with one attached hydrogen (secondary N) is 1. The molecule has 1 fully saturated rings. The Morgan fingerprint density at radius 2 is 1.64 bits per heavy atom. The van der Waals surface area contributed by atoms with Crippen LogP contribution in [0, 0.1) is 5.21 Å². The number of quaternary nitrogens is 1. The average molecular weight is 351 g/mol. The van der Waals surface area contributed by atoms with Gasteiger partial charge in [0.1, 0.15) is 6.73 Å². The third kappa shape index (κ3) is 5.23. The quantitative estimate of drug-likeness (QED) is 0.485. The zero-order valence-electron chi connectivity index (χ0n) is 15.1. The number of rotatable bonds is 11. The van der Waals surface area contributed by atoms with Crippen LogP contribution in [0.25, 0.3) is 0 Å². The van der Waals surface area contributed by atoms with Crippen LogP contribution in [0.1, 0.15) is 51.1 Å². The number of amides is 1. The molecule has 1 heterocycles. The van der Waals surface area contributed by atoms with E-state index in [1.807, 2.05) is 18.2 Å². The number of hydrazine groups is 1. The van der Waals surface area contributed by atoms with E-state index in [-0.39, 0.29) is 24.5 Å². The van der Waals surface area contributed by atoms with Gasteiger partial charge < -0.3 is 14.7 Å². The molecule has 7 nitrogen and oxygen atoms in total. The lowest BCUT2D eigenvalue weighted by Crippen LogP contribution is -3.12. The van der Waals surface area contributed by atoms with E-state index in [9.17, 15) is 10.0 Å². The summed E-state index contributed by atoms with van der Waals surface area (Å²) in [6.07, 6.45) is 3.88. The van der Waals surface area contributed by atoms with Crippen molar-refractivity contribution in [2.75, 3.05) is 26.7 Å². The van der Waals surface area contributed by atoms with Gasteiger partial charge in [-0.25, -0.2) is 0 Å². The van der Waals surface area contributed by atoms with Gasteiger partial charge in [-0.3, -0.25) is 9.97 Å². The molecule has 0 saturated carbocycles. The molecule has 0 radical (unpaired) electrons. The third-order valence-electron chi connectivity index (χ3n) is 4.14. The summed E-state index contributed by atoms with van der Waals surface area (Å²) in [4.78, 5) is 12.8. The smallest absolute Gasteiger partial charge is 0.308 e. The molecule has 1 aromatic rings. The second kappa shape index (κ2) is 10.5. The number of unbranched alkanes of at least 4 members (excludes halogenated alkanes) is 2. The zero-order valence-corrected chi connectivity index (χ0v) is 15.1. The number of hydrogen-bond donors (Lipinski definition) is 1. The topological polar surface area (TPSA) is 69.5 Å². The van der Waals surface area contributed by atoms with Crippen molar-refractivity contribution < 1.29 is 19.4 Å². The van der Waals surface area contributed by atoms with E-state index >= 15 is 0 Å². The summed E-state index contributed by atoms with van der Waals surface area (Å²) in [6.45, 7) is 5.43. The monoisotopic (exact) mass is 351 g/mol. The van der Waals surface area contributed by atoms with E-state index in [0.717, 1.165) is 25.7 Å². The van der Waals surface area contributed by atoms with Crippen LogP contribution in [0.5, 0.6) is 0 Å². The molecule has 0 spiro atoms. The molecule has 2 atom stereocenters. The predicted octanol–water partition coefficient (Wildman–Crippen LogP) is 1.63. The normalized spacial score (nSPS) is 21.2. The standard InChI is InChI=1S/C18H29N3O4/c1-3-5-12-24-14-19-18(22)17(16-10-8-7-9-11-16)21(23)20(19)15-25-13-6-4-2/h7-11,17,21H,3-6,12-15H2,1-2H3. The highest BCUT2D eigenvalue weighted by Crippen LogP contribution is 2.19. The molecule has 1 aromatic carbocycles. The number of hydrogen-bond acceptors (Lipinski definition) is 5. The fourth-order valence-electron chi connectivity index (χ4n) is 2.63. The number of hydroxylamine groups is 1. The Morgan fingerprint density at radius 3 is 2.24 bits per heavy atom. The maximum atomic E-state index is 12.8. The van der Waals surface area contributed by atoms with Crippen molar-refractivity contribution >= 4 is 5.91 Å². The van der Waals surface area contributed by atoms with Gasteiger partial charge in [0.05, 0.1) is 0 Å². The minimum atomic E-state index is -0.814. The van der Waals surface area contributed by atoms with Crippen LogP contribution in [0.4, 0.5) is 0 Å². The zero-order chi connectivity index (χ0) is 18.1. The van der Waals surface area contributed by atoms with Crippen molar-refractivity contribution in [2.45, 2.75) is 45.6 Å². The predicted molar refractivity (Wildman–Crippen MR) is 93.7 cm³/mol. The summed E-state index contributed by atoms with van der Waals surface area (Å²) in [7, 11) is 0. The molecule has 0 bridgehead atoms. The van der Waals surface area contributed by atoms with Crippen molar-refractivity contribution in [2.24, 2.45) is 0 Å². The van der Waals surface area contributed by atoms with Crippen LogP contribution in [0.15, 0.2) is 30.3 Å². The minimum absolute atomic E-state index is 0.0744. The van der Waals surface area contributed by atoms with Crippen LogP contribution in [-0.2, 0) is 14.3 Å². The lowest BCUT2D eigenvalue weighted by Gasteiger charge is -2.31. The summed E-state index contributed by atoms with van der Waals surface area (Å²) in [6, 6.07) is 8.32. The van der Waals surface area contributed by atoms with Gasteiger partial charge in [-0.1, -0.05) is 57.0 Å². The van der Waals surface area contributed by atoms with E-state index < -0.39 is 6.04 Å². The first kappa shape index (κ1) is 19.8. The van der Waals surface area contributed by atoms with Gasteiger partial charge in [0.15, 0.2) is 6.73 Å². The molecule has 1 aliphatic heterocycles. The average Bonchev–Trinajstić information content (AvgIpc) is 2.86. The number of carbonyl (C=O) groups excluding carboxylic acids is 1. The second-order valence-corrected chi connectivity index (χ2v) is 6.10. The molecule has 0 aromatic heterocycles. The molecule has 2 rings (SSSR count). The fraction of sp³-hybridized carbons (Fsp3) is 0.611. The molecule has 1 saturated heterocycles. The number of nitrogens with zero attached hydrogens (tertiary/aromatic N) is 2. The molecular weight excluding hydrogens is 322 g/mol. The Morgan fingerprint density at radius 1 is 1.04 bits per heavy atom. The Balaban J connectivity index is 2.06. The first-order valence-corrected chi connectivity index (χ1v) is 9.03. The second-order valence-electron chi connectivity index (χ2n) is 6.10. The molecule has 1 N–H and O–H groups in total. The summed E-state index contributed by atoms with van der Waals surface area (Å²) in [5, 5.41) is 15.3. The Hall–Kier alpha value is -1.51. The number of ether oxygens (including phenoxy) is 2. The molecule has 25 heavy (non-hydrogen) atoms. The highest BCUT2D eigenvalue weighted by Gasteiger charge is 2.46. The Kier molecular flexibility index (Phi) is 8.30. The Labute approximate surface area is 149 Å². The van der Waals surface area contributed by atoms with Crippen molar-refractivity contribution in [3.8, 4) is 0 Å². The van der Waals surface area contributed by atoms with Gasteiger partial charge >= 0.3 is 5.91 Å². The molecule has 0 aliphatic carbocycles. The SMILES string of the molecule is CCCCOCN1C(=O)C(c2ccccc2)[NH+]([O-])N1COCCCC. The fourth-order valence-corrected chi connectivity index (χ4v) is 2.63. The molecule has 7 heteroatoms. The molecule has 140 valence electrons. The maximum Gasteiger partial charge on any atom is 0.308 e. The third-order valence-corrected chi connectivity index (χ3v) is 4.14. The van der Waals surface area contributed by atoms with E-state index in [1.165, 1.54) is 10.1 Å². The minimum Gasteiger partial charge on any atom is -0.611 e. The summed E-state index contributed by atoms with van der Waals surface area (Å²) in [5.74, 6) is -0.258. The maximum absolute atomic E-state index is 12.8. The van der Waals surface area contributed by atoms with Gasteiger partial charge in [-0.2, -0.15) is 5.01 Å². The van der Waals surface area contributed by atoms with Gasteiger partial charge in [-0.15, -0.1) is 0 Å². The van der Waals surface area contributed by atoms with Crippen molar-refractivity contribution in [3.05, 3.63) is 41.1 Å². The summed E-state index contributed by atoms with van der Waals surface area (Å²) >= 11 is 0. The van der Waals surface area contributed by atoms with Crippen molar-refractivity contribution in [1.29, 1.82) is 0 Å². The van der Waals surface area contributed by atoms with Crippen LogP contribution in [-0.4, -0.2) is 42.7 Å². The van der Waals surface area contributed by atoms with E-state index in [2.05, 4.69) is 13.8 Å². The number of carbonyl (C=O) groups is 1. The first-order valence-electron chi connectivity index (χ1n) is 9.03. The first-order chi connectivity index (χ1) is 12.2. The highest BCUT2D eigenvalue weighted by molar-refractivity contribution is 5.82. The lowest BCUT2D eigenvalue weighted by atomic mass is 10.1.